The highest BCUT2D eigenvalue weighted by molar-refractivity contribution is 5.63. The molecular formula is C23H20. The molecule has 0 amide bonds. The molecule has 0 radical (unpaired) electrons. The van der Waals surface area contributed by atoms with Crippen molar-refractivity contribution >= 4 is 6.08 Å². The van der Waals surface area contributed by atoms with Gasteiger partial charge in [-0.15, -0.1) is 0 Å². The third-order valence-electron chi connectivity index (χ3n) is 4.62. The molecule has 0 bridgehead atoms. The van der Waals surface area contributed by atoms with Crippen LogP contribution in [0.25, 0.3) is 17.2 Å². The Morgan fingerprint density at radius 1 is 0.652 bits per heavy atom. The standard InChI is InChI=1S/C23H20/c1-3-7-18(8-4-1)11-12-22-17-23(22)21-15-13-20(14-16-21)19-9-5-2-6-10-19/h1-16,22-23H,17H2/b12-11+/t22-,23-/m0/s1. The van der Waals surface area contributed by atoms with Gasteiger partial charge in [-0.05, 0) is 40.5 Å². The van der Waals surface area contributed by atoms with Crippen LogP contribution in [0.2, 0.25) is 0 Å². The van der Waals surface area contributed by atoms with E-state index in [2.05, 4.69) is 97.1 Å². The summed E-state index contributed by atoms with van der Waals surface area (Å²) < 4.78 is 0. The number of hydrogen-bond donors (Lipinski definition) is 0. The summed E-state index contributed by atoms with van der Waals surface area (Å²) in [6, 6.07) is 30.2. The molecule has 0 unspecified atom stereocenters. The van der Waals surface area contributed by atoms with Gasteiger partial charge in [0.2, 0.25) is 0 Å². The number of hydrogen-bond acceptors (Lipinski definition) is 0. The fourth-order valence-corrected chi connectivity index (χ4v) is 3.16. The van der Waals surface area contributed by atoms with Crippen LogP contribution in [0.15, 0.2) is 91.0 Å². The van der Waals surface area contributed by atoms with Crippen LogP contribution >= 0.6 is 0 Å². The summed E-state index contributed by atoms with van der Waals surface area (Å²) in [7, 11) is 0. The lowest BCUT2D eigenvalue weighted by molar-refractivity contribution is 1.02. The first kappa shape index (κ1) is 14.0. The molecule has 0 aliphatic heterocycles. The second-order valence-electron chi connectivity index (χ2n) is 6.26. The first-order valence-electron chi connectivity index (χ1n) is 8.29. The molecule has 1 saturated carbocycles. The summed E-state index contributed by atoms with van der Waals surface area (Å²) in [6.07, 6.45) is 5.89. The fraction of sp³-hybridized carbons (Fsp3) is 0.130. The Balaban J connectivity index is 1.43. The van der Waals surface area contributed by atoms with Crippen LogP contribution in [0.1, 0.15) is 23.5 Å². The van der Waals surface area contributed by atoms with Crippen LogP contribution in [-0.4, -0.2) is 0 Å². The summed E-state index contributed by atoms with van der Waals surface area (Å²) in [4.78, 5) is 0. The molecule has 0 nitrogen and oxygen atoms in total. The van der Waals surface area contributed by atoms with Gasteiger partial charge in [-0.3, -0.25) is 0 Å². The lowest BCUT2D eigenvalue weighted by atomic mass is 10.0. The molecule has 3 aromatic carbocycles. The van der Waals surface area contributed by atoms with Crippen LogP contribution in [0.5, 0.6) is 0 Å². The Morgan fingerprint density at radius 3 is 1.96 bits per heavy atom. The minimum absolute atomic E-state index is 0.692. The maximum atomic E-state index is 2.37. The zero-order valence-electron chi connectivity index (χ0n) is 13.1. The van der Waals surface area contributed by atoms with Gasteiger partial charge in [0.05, 0.1) is 0 Å². The summed E-state index contributed by atoms with van der Waals surface area (Å²) >= 11 is 0. The van der Waals surface area contributed by atoms with Crippen LogP contribution in [0, 0.1) is 5.92 Å². The molecule has 1 fully saturated rings. The van der Waals surface area contributed by atoms with Crippen molar-refractivity contribution in [1.82, 2.24) is 0 Å². The summed E-state index contributed by atoms with van der Waals surface area (Å²) in [5.41, 5.74) is 5.34. The molecular weight excluding hydrogens is 276 g/mol. The minimum atomic E-state index is 0.692. The lowest BCUT2D eigenvalue weighted by Crippen LogP contribution is -1.83. The average molecular weight is 296 g/mol. The zero-order valence-corrected chi connectivity index (χ0v) is 13.1. The SMILES string of the molecule is C(=C\[C@H]1C[C@H]1c1ccc(-c2ccccc2)cc1)/c1ccccc1. The molecule has 3 aromatic rings. The molecule has 112 valence electrons. The Labute approximate surface area is 138 Å². The largest absolute Gasteiger partial charge is 0.0802 e. The molecule has 0 heterocycles. The third-order valence-corrected chi connectivity index (χ3v) is 4.62. The van der Waals surface area contributed by atoms with Crippen molar-refractivity contribution in [3.05, 3.63) is 102 Å². The van der Waals surface area contributed by atoms with Gasteiger partial charge in [0.25, 0.3) is 0 Å². The number of benzene rings is 3. The van der Waals surface area contributed by atoms with Crippen molar-refractivity contribution in [2.75, 3.05) is 0 Å². The summed E-state index contributed by atoms with van der Waals surface area (Å²) in [5, 5.41) is 0. The van der Waals surface area contributed by atoms with E-state index in [1.54, 1.807) is 0 Å². The minimum Gasteiger partial charge on any atom is -0.0802 e. The Kier molecular flexibility index (Phi) is 3.81. The molecule has 1 aliphatic carbocycles. The Morgan fingerprint density at radius 2 is 1.26 bits per heavy atom. The van der Waals surface area contributed by atoms with Crippen molar-refractivity contribution in [3.8, 4) is 11.1 Å². The van der Waals surface area contributed by atoms with Crippen molar-refractivity contribution < 1.29 is 0 Å². The Hall–Kier alpha value is -2.60. The van der Waals surface area contributed by atoms with Gasteiger partial charge in [-0.25, -0.2) is 0 Å². The predicted octanol–water partition coefficient (Wildman–Crippen LogP) is 6.17. The zero-order chi connectivity index (χ0) is 15.5. The summed E-state index contributed by atoms with van der Waals surface area (Å²) in [5.74, 6) is 1.39. The van der Waals surface area contributed by atoms with E-state index in [1.165, 1.54) is 28.7 Å². The maximum absolute atomic E-state index is 2.37. The molecule has 0 heteroatoms. The molecule has 0 saturated heterocycles. The van der Waals surface area contributed by atoms with Gasteiger partial charge < -0.3 is 0 Å². The molecule has 0 spiro atoms. The van der Waals surface area contributed by atoms with E-state index in [0.717, 1.165) is 0 Å². The van der Waals surface area contributed by atoms with Gasteiger partial charge in [0, 0.05) is 0 Å². The molecule has 1 aliphatic rings. The second kappa shape index (κ2) is 6.26. The molecule has 0 N–H and O–H groups in total. The van der Waals surface area contributed by atoms with E-state index in [4.69, 9.17) is 0 Å². The van der Waals surface area contributed by atoms with Gasteiger partial charge >= 0.3 is 0 Å². The van der Waals surface area contributed by atoms with Crippen LogP contribution < -0.4 is 0 Å². The van der Waals surface area contributed by atoms with Crippen LogP contribution in [0.4, 0.5) is 0 Å². The lowest BCUT2D eigenvalue weighted by Gasteiger charge is -2.03. The molecule has 23 heavy (non-hydrogen) atoms. The van der Waals surface area contributed by atoms with Gasteiger partial charge in [-0.1, -0.05) is 97.1 Å². The van der Waals surface area contributed by atoms with Crippen molar-refractivity contribution in [1.29, 1.82) is 0 Å². The average Bonchev–Trinajstić information content (AvgIpc) is 3.41. The van der Waals surface area contributed by atoms with Gasteiger partial charge in [-0.2, -0.15) is 0 Å². The quantitative estimate of drug-likeness (QED) is 0.540. The van der Waals surface area contributed by atoms with Crippen LogP contribution in [-0.2, 0) is 0 Å². The van der Waals surface area contributed by atoms with E-state index < -0.39 is 0 Å². The smallest absolute Gasteiger partial charge is 0.00928 e. The normalized spacial score (nSPS) is 19.8. The Bertz CT molecular complexity index is 782. The van der Waals surface area contributed by atoms with Gasteiger partial charge in [0.15, 0.2) is 0 Å². The topological polar surface area (TPSA) is 0 Å². The predicted molar refractivity (Wildman–Crippen MR) is 98.2 cm³/mol. The molecule has 2 atom stereocenters. The van der Waals surface area contributed by atoms with Crippen molar-refractivity contribution in [2.45, 2.75) is 12.3 Å². The first-order chi connectivity index (χ1) is 11.4. The van der Waals surface area contributed by atoms with E-state index in [-0.39, 0.29) is 0 Å². The highest BCUT2D eigenvalue weighted by Gasteiger charge is 2.35. The molecule has 4 rings (SSSR count). The van der Waals surface area contributed by atoms with E-state index in [0.29, 0.717) is 11.8 Å². The third kappa shape index (κ3) is 3.27. The van der Waals surface area contributed by atoms with Gasteiger partial charge in [0.1, 0.15) is 0 Å². The van der Waals surface area contributed by atoms with E-state index >= 15 is 0 Å². The monoisotopic (exact) mass is 296 g/mol. The maximum Gasteiger partial charge on any atom is -0.00928 e. The highest BCUT2D eigenvalue weighted by Crippen LogP contribution is 2.48. The number of allylic oxidation sites excluding steroid dienone is 1. The van der Waals surface area contributed by atoms with Crippen molar-refractivity contribution in [2.24, 2.45) is 5.92 Å². The highest BCUT2D eigenvalue weighted by atomic mass is 14.4. The fourth-order valence-electron chi connectivity index (χ4n) is 3.16. The van der Waals surface area contributed by atoms with E-state index in [9.17, 15) is 0 Å². The first-order valence-corrected chi connectivity index (χ1v) is 8.29. The van der Waals surface area contributed by atoms with E-state index in [1.807, 2.05) is 0 Å². The van der Waals surface area contributed by atoms with Crippen molar-refractivity contribution in [3.63, 3.8) is 0 Å². The second-order valence-corrected chi connectivity index (χ2v) is 6.26. The molecule has 0 aromatic heterocycles. The summed E-state index contributed by atoms with van der Waals surface area (Å²) in [6.45, 7) is 0. The number of rotatable bonds is 4. The van der Waals surface area contributed by atoms with Crippen LogP contribution in [0.3, 0.4) is 0 Å².